The summed E-state index contributed by atoms with van der Waals surface area (Å²) in [6.07, 6.45) is 4.14. The molecule has 64 valence electrons. The predicted molar refractivity (Wildman–Crippen MR) is 46.7 cm³/mol. The molecule has 0 spiro atoms. The van der Waals surface area contributed by atoms with Crippen molar-refractivity contribution in [3.05, 3.63) is 12.3 Å². The maximum Gasteiger partial charge on any atom is 0.104 e. The van der Waals surface area contributed by atoms with Gasteiger partial charge in [0.2, 0.25) is 0 Å². The Hall–Kier alpha value is -0.540. The molecule has 0 radical (unpaired) electrons. The van der Waals surface area contributed by atoms with E-state index in [9.17, 15) is 0 Å². The summed E-state index contributed by atoms with van der Waals surface area (Å²) in [6, 6.07) is 0.489. The van der Waals surface area contributed by atoms with Crippen LogP contribution >= 0.6 is 0 Å². The first-order valence-electron chi connectivity index (χ1n) is 3.99. The van der Waals surface area contributed by atoms with Crippen LogP contribution in [0.5, 0.6) is 0 Å². The van der Waals surface area contributed by atoms with Crippen molar-refractivity contribution in [1.82, 2.24) is 15.8 Å². The van der Waals surface area contributed by atoms with Gasteiger partial charge < -0.3 is 5.01 Å². The third-order valence-electron chi connectivity index (χ3n) is 1.63. The molecule has 0 bridgehead atoms. The molecule has 0 saturated carbocycles. The number of hydrazine groups is 1. The van der Waals surface area contributed by atoms with E-state index in [1.165, 1.54) is 0 Å². The van der Waals surface area contributed by atoms with E-state index < -0.39 is 0 Å². The van der Waals surface area contributed by atoms with Crippen molar-refractivity contribution in [3.8, 4) is 0 Å². The average molecular weight is 155 g/mol. The Morgan fingerprint density at radius 2 is 2.18 bits per heavy atom. The van der Waals surface area contributed by atoms with Crippen LogP contribution in [0.15, 0.2) is 12.3 Å². The van der Waals surface area contributed by atoms with Crippen molar-refractivity contribution in [2.75, 3.05) is 7.05 Å². The van der Waals surface area contributed by atoms with Gasteiger partial charge in [-0.1, -0.05) is 0 Å². The maximum absolute atomic E-state index is 3.41. The Bertz CT molecular complexity index is 165. The summed E-state index contributed by atoms with van der Waals surface area (Å²) in [5, 5.41) is 5.36. The summed E-state index contributed by atoms with van der Waals surface area (Å²) in [5.41, 5.74) is 3.21. The molecule has 0 aromatic rings. The van der Waals surface area contributed by atoms with Gasteiger partial charge in [0.15, 0.2) is 0 Å². The van der Waals surface area contributed by atoms with Gasteiger partial charge in [0.1, 0.15) is 5.66 Å². The summed E-state index contributed by atoms with van der Waals surface area (Å²) >= 11 is 0. The molecular weight excluding hydrogens is 138 g/mol. The molecule has 1 unspecified atom stereocenters. The Kier molecular flexibility index (Phi) is 2.20. The number of hydrogen-bond donors (Lipinski definition) is 2. The smallest absolute Gasteiger partial charge is 0.104 e. The van der Waals surface area contributed by atoms with Crippen LogP contribution in [-0.2, 0) is 0 Å². The topological polar surface area (TPSA) is 27.3 Å². The highest BCUT2D eigenvalue weighted by atomic mass is 15.6. The third kappa shape index (κ3) is 2.20. The minimum absolute atomic E-state index is 0.0666. The van der Waals surface area contributed by atoms with Crippen LogP contribution in [0, 0.1) is 0 Å². The van der Waals surface area contributed by atoms with Gasteiger partial charge in [0.05, 0.1) is 0 Å². The van der Waals surface area contributed by atoms with Gasteiger partial charge in [-0.05, 0) is 26.8 Å². The maximum atomic E-state index is 3.41. The highest BCUT2D eigenvalue weighted by Crippen LogP contribution is 2.09. The van der Waals surface area contributed by atoms with Crippen LogP contribution in [0.1, 0.15) is 20.8 Å². The van der Waals surface area contributed by atoms with Crippen molar-refractivity contribution < 1.29 is 0 Å². The van der Waals surface area contributed by atoms with Crippen molar-refractivity contribution in [2.45, 2.75) is 32.5 Å². The van der Waals surface area contributed by atoms with Gasteiger partial charge in [-0.2, -0.15) is 0 Å². The zero-order valence-corrected chi connectivity index (χ0v) is 7.68. The second-order valence-corrected chi connectivity index (χ2v) is 3.54. The van der Waals surface area contributed by atoms with Crippen molar-refractivity contribution in [3.63, 3.8) is 0 Å². The van der Waals surface area contributed by atoms with Gasteiger partial charge in [0, 0.05) is 19.3 Å². The Labute approximate surface area is 68.4 Å². The molecule has 1 aliphatic rings. The Morgan fingerprint density at radius 3 is 2.55 bits per heavy atom. The first-order chi connectivity index (χ1) is 5.02. The lowest BCUT2D eigenvalue weighted by molar-refractivity contribution is 0.221. The second-order valence-electron chi connectivity index (χ2n) is 3.54. The van der Waals surface area contributed by atoms with E-state index in [0.29, 0.717) is 6.04 Å². The lowest BCUT2D eigenvalue weighted by Gasteiger charge is -2.28. The highest BCUT2D eigenvalue weighted by molar-refractivity contribution is 5.06. The van der Waals surface area contributed by atoms with E-state index >= 15 is 0 Å². The molecule has 0 amide bonds. The zero-order chi connectivity index (χ0) is 8.48. The van der Waals surface area contributed by atoms with E-state index in [4.69, 9.17) is 0 Å². The molecule has 0 saturated heterocycles. The molecular formula is C8H17N3. The summed E-state index contributed by atoms with van der Waals surface area (Å²) in [5.74, 6) is 0. The second kappa shape index (κ2) is 2.83. The van der Waals surface area contributed by atoms with Gasteiger partial charge in [0.25, 0.3) is 0 Å². The Morgan fingerprint density at radius 1 is 1.55 bits per heavy atom. The molecule has 3 nitrogen and oxygen atoms in total. The third-order valence-corrected chi connectivity index (χ3v) is 1.63. The Balaban J connectivity index is 2.50. The monoisotopic (exact) mass is 155 g/mol. The van der Waals surface area contributed by atoms with Crippen molar-refractivity contribution in [2.24, 2.45) is 0 Å². The largest absolute Gasteiger partial charge is 0.317 e. The predicted octanol–water partition coefficient (Wildman–Crippen LogP) is 0.664. The lowest BCUT2D eigenvalue weighted by atomic mass is 10.2. The number of hydrogen-bond acceptors (Lipinski definition) is 3. The normalized spacial score (nSPS) is 30.5. The molecule has 1 atom stereocenters. The molecule has 0 aromatic heterocycles. The molecule has 2 N–H and O–H groups in total. The lowest BCUT2D eigenvalue weighted by Crippen LogP contribution is -2.55. The van der Waals surface area contributed by atoms with Crippen LogP contribution in [0.2, 0.25) is 0 Å². The fraction of sp³-hybridized carbons (Fsp3) is 0.750. The fourth-order valence-corrected chi connectivity index (χ4v) is 1.38. The molecule has 0 aromatic carbocycles. The summed E-state index contributed by atoms with van der Waals surface area (Å²) in [6.45, 7) is 6.39. The van der Waals surface area contributed by atoms with Crippen LogP contribution in [-0.4, -0.2) is 23.8 Å². The van der Waals surface area contributed by atoms with E-state index in [0.717, 1.165) is 0 Å². The van der Waals surface area contributed by atoms with Crippen LogP contribution in [0.25, 0.3) is 0 Å². The number of nitrogens with zero attached hydrogens (tertiary/aromatic N) is 1. The molecule has 1 heterocycles. The minimum Gasteiger partial charge on any atom is -0.317 e. The molecule has 0 fully saturated rings. The molecule has 3 heteroatoms. The minimum atomic E-state index is -0.0666. The molecule has 1 rings (SSSR count). The first-order valence-corrected chi connectivity index (χ1v) is 3.99. The molecule has 1 aliphatic heterocycles. The number of nitrogens with one attached hydrogen (secondary N) is 2. The van der Waals surface area contributed by atoms with Gasteiger partial charge in [-0.15, -0.1) is 0 Å². The SMILES string of the molecule is CC(C)NC1(C)C=CN(C)N1. The molecule has 0 aliphatic carbocycles. The average Bonchev–Trinajstić information content (AvgIpc) is 2.08. The molecule has 11 heavy (non-hydrogen) atoms. The van der Waals surface area contributed by atoms with Gasteiger partial charge >= 0.3 is 0 Å². The van der Waals surface area contributed by atoms with Crippen molar-refractivity contribution >= 4 is 0 Å². The van der Waals surface area contributed by atoms with Crippen molar-refractivity contribution in [1.29, 1.82) is 0 Å². The van der Waals surface area contributed by atoms with E-state index in [-0.39, 0.29) is 5.66 Å². The van der Waals surface area contributed by atoms with Gasteiger partial charge in [-0.3, -0.25) is 5.32 Å². The van der Waals surface area contributed by atoms with Gasteiger partial charge in [-0.25, -0.2) is 5.43 Å². The number of rotatable bonds is 2. The highest BCUT2D eigenvalue weighted by Gasteiger charge is 2.25. The summed E-state index contributed by atoms with van der Waals surface area (Å²) < 4.78 is 0. The summed E-state index contributed by atoms with van der Waals surface area (Å²) in [4.78, 5) is 0. The zero-order valence-electron chi connectivity index (χ0n) is 7.68. The van der Waals surface area contributed by atoms with Crippen LogP contribution in [0.3, 0.4) is 0 Å². The summed E-state index contributed by atoms with van der Waals surface area (Å²) in [7, 11) is 1.99. The quantitative estimate of drug-likeness (QED) is 0.613. The van der Waals surface area contributed by atoms with E-state index in [1.807, 2.05) is 18.3 Å². The van der Waals surface area contributed by atoms with E-state index in [1.54, 1.807) is 0 Å². The van der Waals surface area contributed by atoms with Crippen LogP contribution in [0.4, 0.5) is 0 Å². The fourth-order valence-electron chi connectivity index (χ4n) is 1.38. The standard InChI is InChI=1S/C8H17N3/c1-7(2)9-8(3)5-6-11(4)10-8/h5-7,9-10H,1-4H3. The van der Waals surface area contributed by atoms with Crippen LogP contribution < -0.4 is 10.7 Å². The first kappa shape index (κ1) is 8.56. The van der Waals surface area contributed by atoms with E-state index in [2.05, 4.69) is 37.6 Å².